The molecule has 0 fully saturated rings. The van der Waals surface area contributed by atoms with E-state index >= 15 is 0 Å². The van der Waals surface area contributed by atoms with Crippen LogP contribution in [0.1, 0.15) is 11.1 Å². The standard InChI is InChI=1S/C13H13NO2/c15-13-3-1-11(2-4-13)9-16-10-12-5-7-14-8-6-12/h1-8,15H,9-10H2. The third-order valence-corrected chi connectivity index (χ3v) is 2.22. The largest absolute Gasteiger partial charge is 0.508 e. The summed E-state index contributed by atoms with van der Waals surface area (Å²) in [4.78, 5) is 3.94. The molecule has 2 aromatic rings. The summed E-state index contributed by atoms with van der Waals surface area (Å²) >= 11 is 0. The van der Waals surface area contributed by atoms with Crippen LogP contribution in [0.2, 0.25) is 0 Å². The maximum atomic E-state index is 9.11. The normalized spacial score (nSPS) is 10.2. The summed E-state index contributed by atoms with van der Waals surface area (Å²) < 4.78 is 5.54. The number of aromatic nitrogens is 1. The fourth-order valence-electron chi connectivity index (χ4n) is 1.36. The van der Waals surface area contributed by atoms with Crippen LogP contribution in [0.3, 0.4) is 0 Å². The van der Waals surface area contributed by atoms with Crippen molar-refractivity contribution < 1.29 is 9.84 Å². The van der Waals surface area contributed by atoms with E-state index < -0.39 is 0 Å². The highest BCUT2D eigenvalue weighted by molar-refractivity contribution is 5.25. The summed E-state index contributed by atoms with van der Waals surface area (Å²) in [5.41, 5.74) is 2.15. The first-order valence-electron chi connectivity index (χ1n) is 5.09. The van der Waals surface area contributed by atoms with Crippen LogP contribution in [0.15, 0.2) is 48.8 Å². The van der Waals surface area contributed by atoms with Gasteiger partial charge in [-0.05, 0) is 35.4 Å². The highest BCUT2D eigenvalue weighted by Crippen LogP contribution is 2.11. The Kier molecular flexibility index (Phi) is 3.51. The summed E-state index contributed by atoms with van der Waals surface area (Å²) in [5, 5.41) is 9.11. The molecule has 0 saturated heterocycles. The van der Waals surface area contributed by atoms with E-state index in [1.54, 1.807) is 24.5 Å². The van der Waals surface area contributed by atoms with E-state index in [4.69, 9.17) is 9.84 Å². The fourth-order valence-corrected chi connectivity index (χ4v) is 1.36. The molecule has 1 N–H and O–H groups in total. The number of benzene rings is 1. The van der Waals surface area contributed by atoms with Crippen molar-refractivity contribution in [1.29, 1.82) is 0 Å². The van der Waals surface area contributed by atoms with Crippen molar-refractivity contribution in [1.82, 2.24) is 4.98 Å². The van der Waals surface area contributed by atoms with Gasteiger partial charge in [-0.1, -0.05) is 12.1 Å². The first kappa shape index (κ1) is 10.6. The predicted molar refractivity (Wildman–Crippen MR) is 60.8 cm³/mol. The minimum absolute atomic E-state index is 0.276. The van der Waals surface area contributed by atoms with Crippen LogP contribution in [0.4, 0.5) is 0 Å². The summed E-state index contributed by atoms with van der Waals surface area (Å²) in [7, 11) is 0. The van der Waals surface area contributed by atoms with E-state index in [0.717, 1.165) is 11.1 Å². The number of phenolic OH excluding ortho intramolecular Hbond substituents is 1. The summed E-state index contributed by atoms with van der Waals surface area (Å²) in [6, 6.07) is 10.9. The molecule has 0 radical (unpaired) electrons. The highest BCUT2D eigenvalue weighted by atomic mass is 16.5. The van der Waals surface area contributed by atoms with Crippen LogP contribution in [0.25, 0.3) is 0 Å². The number of ether oxygens (including phenoxy) is 1. The van der Waals surface area contributed by atoms with Crippen molar-refractivity contribution in [2.75, 3.05) is 0 Å². The number of hydrogen-bond donors (Lipinski definition) is 1. The van der Waals surface area contributed by atoms with E-state index in [2.05, 4.69) is 4.98 Å². The quantitative estimate of drug-likeness (QED) is 0.852. The molecule has 2 rings (SSSR count). The van der Waals surface area contributed by atoms with Crippen LogP contribution in [0.5, 0.6) is 5.75 Å². The average molecular weight is 215 g/mol. The second-order valence-electron chi connectivity index (χ2n) is 3.51. The zero-order valence-electron chi connectivity index (χ0n) is 8.84. The first-order chi connectivity index (χ1) is 7.84. The minimum atomic E-state index is 0.276. The fraction of sp³-hybridized carbons (Fsp3) is 0.154. The Labute approximate surface area is 94.3 Å². The molecular formula is C13H13NO2. The number of aromatic hydroxyl groups is 1. The van der Waals surface area contributed by atoms with Gasteiger partial charge in [0, 0.05) is 12.4 Å². The Morgan fingerprint density at radius 3 is 2.06 bits per heavy atom. The molecule has 3 heteroatoms. The molecule has 0 bridgehead atoms. The molecule has 1 aromatic heterocycles. The lowest BCUT2D eigenvalue weighted by molar-refractivity contribution is 0.107. The van der Waals surface area contributed by atoms with E-state index in [1.165, 1.54) is 0 Å². The Bertz CT molecular complexity index is 425. The molecule has 0 aliphatic rings. The molecule has 1 aromatic carbocycles. The molecule has 0 aliphatic carbocycles. The second kappa shape index (κ2) is 5.28. The Hall–Kier alpha value is -1.87. The van der Waals surface area contributed by atoms with Crippen molar-refractivity contribution in [3.8, 4) is 5.75 Å². The maximum absolute atomic E-state index is 9.11. The summed E-state index contributed by atoms with van der Waals surface area (Å²) in [5.74, 6) is 0.276. The lowest BCUT2D eigenvalue weighted by Crippen LogP contribution is -1.93. The molecule has 1 heterocycles. The molecule has 0 unspecified atom stereocenters. The molecule has 0 saturated carbocycles. The zero-order chi connectivity index (χ0) is 11.2. The molecule has 82 valence electrons. The Balaban J connectivity index is 1.82. The molecule has 0 amide bonds. The van der Waals surface area contributed by atoms with E-state index in [1.807, 2.05) is 24.3 Å². The molecule has 0 aliphatic heterocycles. The number of rotatable bonds is 4. The average Bonchev–Trinajstić information content (AvgIpc) is 2.33. The van der Waals surface area contributed by atoms with Gasteiger partial charge in [0.25, 0.3) is 0 Å². The number of hydrogen-bond acceptors (Lipinski definition) is 3. The van der Waals surface area contributed by atoms with Crippen molar-refractivity contribution in [2.45, 2.75) is 13.2 Å². The van der Waals surface area contributed by atoms with Gasteiger partial charge in [-0.3, -0.25) is 4.98 Å². The third kappa shape index (κ3) is 3.07. The van der Waals surface area contributed by atoms with E-state index in [0.29, 0.717) is 13.2 Å². The molecule has 16 heavy (non-hydrogen) atoms. The van der Waals surface area contributed by atoms with Gasteiger partial charge >= 0.3 is 0 Å². The maximum Gasteiger partial charge on any atom is 0.115 e. The zero-order valence-corrected chi connectivity index (χ0v) is 8.84. The summed E-state index contributed by atoms with van der Waals surface area (Å²) in [6.45, 7) is 1.12. The van der Waals surface area contributed by atoms with Crippen LogP contribution in [-0.4, -0.2) is 10.1 Å². The van der Waals surface area contributed by atoms with Crippen molar-refractivity contribution in [2.24, 2.45) is 0 Å². The van der Waals surface area contributed by atoms with Gasteiger partial charge in [-0.15, -0.1) is 0 Å². The van der Waals surface area contributed by atoms with Gasteiger partial charge in [0.1, 0.15) is 5.75 Å². The number of pyridine rings is 1. The van der Waals surface area contributed by atoms with E-state index in [9.17, 15) is 0 Å². The molecular weight excluding hydrogens is 202 g/mol. The van der Waals surface area contributed by atoms with Gasteiger partial charge in [-0.25, -0.2) is 0 Å². The smallest absolute Gasteiger partial charge is 0.115 e. The van der Waals surface area contributed by atoms with Crippen molar-refractivity contribution in [3.63, 3.8) is 0 Å². The molecule has 3 nitrogen and oxygen atoms in total. The monoisotopic (exact) mass is 215 g/mol. The Morgan fingerprint density at radius 1 is 0.875 bits per heavy atom. The lowest BCUT2D eigenvalue weighted by atomic mass is 10.2. The SMILES string of the molecule is Oc1ccc(COCc2ccncc2)cc1. The van der Waals surface area contributed by atoms with Crippen LogP contribution in [-0.2, 0) is 18.0 Å². The highest BCUT2D eigenvalue weighted by Gasteiger charge is 1.95. The van der Waals surface area contributed by atoms with E-state index in [-0.39, 0.29) is 5.75 Å². The van der Waals surface area contributed by atoms with Crippen LogP contribution >= 0.6 is 0 Å². The molecule has 0 atom stereocenters. The number of nitrogens with zero attached hydrogens (tertiary/aromatic N) is 1. The summed E-state index contributed by atoms with van der Waals surface area (Å²) in [6.07, 6.45) is 3.50. The van der Waals surface area contributed by atoms with Gasteiger partial charge in [0.15, 0.2) is 0 Å². The topological polar surface area (TPSA) is 42.4 Å². The van der Waals surface area contributed by atoms with Crippen molar-refractivity contribution >= 4 is 0 Å². The number of phenols is 1. The van der Waals surface area contributed by atoms with Gasteiger partial charge in [-0.2, -0.15) is 0 Å². The minimum Gasteiger partial charge on any atom is -0.508 e. The van der Waals surface area contributed by atoms with Gasteiger partial charge in [0.2, 0.25) is 0 Å². The predicted octanol–water partition coefficient (Wildman–Crippen LogP) is 2.50. The first-order valence-corrected chi connectivity index (χ1v) is 5.09. The van der Waals surface area contributed by atoms with Crippen LogP contribution in [0, 0.1) is 0 Å². The third-order valence-electron chi connectivity index (χ3n) is 2.22. The second-order valence-corrected chi connectivity index (χ2v) is 3.51. The molecule has 0 spiro atoms. The van der Waals surface area contributed by atoms with Crippen LogP contribution < -0.4 is 0 Å². The van der Waals surface area contributed by atoms with Crippen molar-refractivity contribution in [3.05, 3.63) is 59.9 Å². The van der Waals surface area contributed by atoms with Gasteiger partial charge in [0.05, 0.1) is 13.2 Å². The lowest BCUT2D eigenvalue weighted by Gasteiger charge is -2.04. The van der Waals surface area contributed by atoms with Gasteiger partial charge < -0.3 is 9.84 Å². The Morgan fingerprint density at radius 2 is 1.44 bits per heavy atom.